The molecule has 1 N–H and O–H groups in total. The summed E-state index contributed by atoms with van der Waals surface area (Å²) in [5, 5.41) is 0.790. The minimum Gasteiger partial charge on any atom is -0.343 e. The van der Waals surface area contributed by atoms with Crippen LogP contribution in [0, 0.1) is 5.92 Å². The molecule has 2 aliphatic rings. The molecule has 0 bridgehead atoms. The number of hydrogen-bond donors (Lipinski definition) is 1. The summed E-state index contributed by atoms with van der Waals surface area (Å²) in [6.45, 7) is 2.29. The zero-order valence-electron chi connectivity index (χ0n) is 16.3. The molecule has 6 heteroatoms. The standard InChI is InChI=1S/C21H29N3O2S/c1-13-7-9-14(10-8-13)24(2)18(25)12-11-17-22-20(26)19-15-5-3-4-6-16(15)27-21(19)23-17/h13-14H,3-12H2,1-2H3,(H,22,23,26). The number of rotatable bonds is 4. The lowest BCUT2D eigenvalue weighted by Gasteiger charge is -2.33. The van der Waals surface area contributed by atoms with Gasteiger partial charge in [0.05, 0.1) is 5.39 Å². The van der Waals surface area contributed by atoms with Crippen LogP contribution in [0.4, 0.5) is 0 Å². The van der Waals surface area contributed by atoms with Crippen LogP contribution in [0.2, 0.25) is 0 Å². The number of H-pyrrole nitrogens is 1. The van der Waals surface area contributed by atoms with Gasteiger partial charge in [0.1, 0.15) is 10.7 Å². The van der Waals surface area contributed by atoms with Gasteiger partial charge in [-0.3, -0.25) is 9.59 Å². The first-order valence-electron chi connectivity index (χ1n) is 10.3. The highest BCUT2D eigenvalue weighted by atomic mass is 32.1. The van der Waals surface area contributed by atoms with E-state index in [9.17, 15) is 9.59 Å². The first kappa shape index (κ1) is 18.7. The van der Waals surface area contributed by atoms with Crippen molar-refractivity contribution in [3.8, 4) is 0 Å². The number of fused-ring (bicyclic) bond motifs is 3. The summed E-state index contributed by atoms with van der Waals surface area (Å²) in [6, 6.07) is 0.368. The maximum absolute atomic E-state index is 12.6. The lowest BCUT2D eigenvalue weighted by Crippen LogP contribution is -2.39. The van der Waals surface area contributed by atoms with Crippen molar-refractivity contribution in [3.05, 3.63) is 26.6 Å². The van der Waals surface area contributed by atoms with Crippen molar-refractivity contribution in [3.63, 3.8) is 0 Å². The van der Waals surface area contributed by atoms with Crippen LogP contribution in [0.3, 0.4) is 0 Å². The molecule has 1 fully saturated rings. The van der Waals surface area contributed by atoms with Gasteiger partial charge < -0.3 is 9.88 Å². The number of aryl methyl sites for hydroxylation is 3. The third kappa shape index (κ3) is 3.82. The Hall–Kier alpha value is -1.69. The second-order valence-corrected chi connectivity index (χ2v) is 9.41. The third-order valence-corrected chi connectivity index (χ3v) is 7.56. The Labute approximate surface area is 164 Å². The van der Waals surface area contributed by atoms with E-state index in [4.69, 9.17) is 0 Å². The summed E-state index contributed by atoms with van der Waals surface area (Å²) in [6.07, 6.45) is 9.93. The Bertz CT molecular complexity index is 893. The first-order valence-corrected chi connectivity index (χ1v) is 11.1. The van der Waals surface area contributed by atoms with E-state index in [-0.39, 0.29) is 11.5 Å². The number of carbonyl (C=O) groups is 1. The van der Waals surface area contributed by atoms with Crippen molar-refractivity contribution in [2.75, 3.05) is 7.05 Å². The number of thiophene rings is 1. The molecule has 0 atom stereocenters. The minimum absolute atomic E-state index is 0.0310. The van der Waals surface area contributed by atoms with Gasteiger partial charge in [-0.05, 0) is 62.8 Å². The molecule has 0 saturated heterocycles. The lowest BCUT2D eigenvalue weighted by molar-refractivity contribution is -0.132. The molecule has 4 rings (SSSR count). The normalized spacial score (nSPS) is 22.6. The molecular formula is C21H29N3O2S. The van der Waals surface area contributed by atoms with Gasteiger partial charge in [0.25, 0.3) is 5.56 Å². The molecule has 146 valence electrons. The second-order valence-electron chi connectivity index (χ2n) is 8.32. The summed E-state index contributed by atoms with van der Waals surface area (Å²) in [5.74, 6) is 1.58. The molecule has 0 unspecified atom stereocenters. The molecule has 5 nitrogen and oxygen atoms in total. The molecule has 0 aliphatic heterocycles. The topological polar surface area (TPSA) is 66.1 Å². The van der Waals surface area contributed by atoms with Crippen molar-refractivity contribution in [2.45, 2.75) is 77.2 Å². The molecule has 2 aliphatic carbocycles. The summed E-state index contributed by atoms with van der Waals surface area (Å²) in [4.78, 5) is 36.9. The summed E-state index contributed by atoms with van der Waals surface area (Å²) >= 11 is 1.67. The van der Waals surface area contributed by atoms with Crippen molar-refractivity contribution >= 4 is 27.5 Å². The van der Waals surface area contributed by atoms with E-state index in [0.717, 1.165) is 48.2 Å². The van der Waals surface area contributed by atoms with Crippen LogP contribution in [-0.2, 0) is 24.1 Å². The molecule has 2 aromatic rings. The Morgan fingerprint density at radius 3 is 2.74 bits per heavy atom. The Balaban J connectivity index is 1.44. The maximum atomic E-state index is 12.6. The minimum atomic E-state index is -0.0310. The first-order chi connectivity index (χ1) is 13.0. The molecule has 27 heavy (non-hydrogen) atoms. The van der Waals surface area contributed by atoms with E-state index < -0.39 is 0 Å². The highest BCUT2D eigenvalue weighted by Crippen LogP contribution is 2.33. The fraction of sp³-hybridized carbons (Fsp3) is 0.667. The van der Waals surface area contributed by atoms with Crippen LogP contribution >= 0.6 is 11.3 Å². The van der Waals surface area contributed by atoms with Crippen LogP contribution in [0.1, 0.15) is 68.1 Å². The van der Waals surface area contributed by atoms with Crippen molar-refractivity contribution in [1.29, 1.82) is 0 Å². The summed E-state index contributed by atoms with van der Waals surface area (Å²) < 4.78 is 0. The number of amides is 1. The highest BCUT2D eigenvalue weighted by Gasteiger charge is 2.25. The van der Waals surface area contributed by atoms with E-state index >= 15 is 0 Å². The van der Waals surface area contributed by atoms with Gasteiger partial charge in [-0.2, -0.15) is 0 Å². The van der Waals surface area contributed by atoms with Crippen molar-refractivity contribution in [1.82, 2.24) is 14.9 Å². The number of carbonyl (C=O) groups excluding carboxylic acids is 1. The predicted molar refractivity (Wildman–Crippen MR) is 109 cm³/mol. The molecule has 0 radical (unpaired) electrons. The van der Waals surface area contributed by atoms with Crippen LogP contribution < -0.4 is 5.56 Å². The van der Waals surface area contributed by atoms with Gasteiger partial charge in [0.2, 0.25) is 5.91 Å². The number of hydrogen-bond acceptors (Lipinski definition) is 4. The molecule has 2 heterocycles. The van der Waals surface area contributed by atoms with E-state index in [2.05, 4.69) is 16.9 Å². The van der Waals surface area contributed by atoms with E-state index in [0.29, 0.717) is 24.7 Å². The van der Waals surface area contributed by atoms with E-state index in [1.54, 1.807) is 11.3 Å². The Kier molecular flexibility index (Phi) is 5.35. The maximum Gasteiger partial charge on any atom is 0.259 e. The van der Waals surface area contributed by atoms with Crippen LogP contribution in [0.5, 0.6) is 0 Å². The Morgan fingerprint density at radius 1 is 1.22 bits per heavy atom. The van der Waals surface area contributed by atoms with Gasteiger partial charge >= 0.3 is 0 Å². The SMILES string of the molecule is CC1CCC(N(C)C(=O)CCc2nc3sc4c(c3c(=O)[nH]2)CCCC4)CC1. The molecule has 0 aromatic carbocycles. The molecular weight excluding hydrogens is 358 g/mol. The number of aromatic amines is 1. The van der Waals surface area contributed by atoms with Gasteiger partial charge in [-0.15, -0.1) is 11.3 Å². The average Bonchev–Trinajstić information content (AvgIpc) is 3.05. The van der Waals surface area contributed by atoms with Gasteiger partial charge in [-0.25, -0.2) is 4.98 Å². The monoisotopic (exact) mass is 387 g/mol. The van der Waals surface area contributed by atoms with Gasteiger partial charge in [-0.1, -0.05) is 6.92 Å². The smallest absolute Gasteiger partial charge is 0.259 e. The quantitative estimate of drug-likeness (QED) is 0.867. The van der Waals surface area contributed by atoms with E-state index in [1.165, 1.54) is 29.7 Å². The van der Waals surface area contributed by atoms with Crippen LogP contribution in [0.25, 0.3) is 10.2 Å². The fourth-order valence-corrected chi connectivity index (χ4v) is 5.84. The van der Waals surface area contributed by atoms with E-state index in [1.807, 2.05) is 11.9 Å². The molecule has 0 spiro atoms. The zero-order valence-corrected chi connectivity index (χ0v) is 17.2. The van der Waals surface area contributed by atoms with Crippen molar-refractivity contribution in [2.24, 2.45) is 5.92 Å². The lowest BCUT2D eigenvalue weighted by atomic mass is 9.86. The summed E-state index contributed by atoms with van der Waals surface area (Å²) in [7, 11) is 1.93. The Morgan fingerprint density at radius 2 is 1.96 bits per heavy atom. The molecule has 1 saturated carbocycles. The summed E-state index contributed by atoms with van der Waals surface area (Å²) in [5.41, 5.74) is 1.18. The number of aromatic nitrogens is 2. The largest absolute Gasteiger partial charge is 0.343 e. The highest BCUT2D eigenvalue weighted by molar-refractivity contribution is 7.18. The van der Waals surface area contributed by atoms with Crippen LogP contribution in [0.15, 0.2) is 4.79 Å². The molecule has 1 amide bonds. The zero-order chi connectivity index (χ0) is 19.0. The van der Waals surface area contributed by atoms with Gasteiger partial charge in [0, 0.05) is 30.8 Å². The van der Waals surface area contributed by atoms with Crippen LogP contribution in [-0.4, -0.2) is 33.9 Å². The van der Waals surface area contributed by atoms with Gasteiger partial charge in [0.15, 0.2) is 0 Å². The number of nitrogens with one attached hydrogen (secondary N) is 1. The van der Waals surface area contributed by atoms with Crippen molar-refractivity contribution < 1.29 is 4.79 Å². The average molecular weight is 388 g/mol. The fourth-order valence-electron chi connectivity index (χ4n) is 4.56. The predicted octanol–water partition coefficient (Wildman–Crippen LogP) is 3.83. The number of nitrogens with zero attached hydrogens (tertiary/aromatic N) is 2. The third-order valence-electron chi connectivity index (χ3n) is 6.38. The second kappa shape index (κ2) is 7.74. The molecule has 2 aromatic heterocycles.